The number of nitrogens with one attached hydrogen (secondary N) is 2. The molecule has 2 aromatic heterocycles. The lowest BCUT2D eigenvalue weighted by Gasteiger charge is -2.35. The lowest BCUT2D eigenvalue weighted by molar-refractivity contribution is -0.189. The number of fused-ring (bicyclic) bond motifs is 5. The maximum absolute atomic E-state index is 14.3. The minimum Gasteiger partial charge on any atom is -0.458 e. The van der Waals surface area contributed by atoms with Crippen LogP contribution in [-0.4, -0.2) is 79.9 Å². The van der Waals surface area contributed by atoms with Gasteiger partial charge in [0, 0.05) is 29.4 Å². The Morgan fingerprint density at radius 3 is 2.09 bits per heavy atom. The highest BCUT2D eigenvalue weighted by Gasteiger charge is 2.50. The molecule has 366 valence electrons. The summed E-state index contributed by atoms with van der Waals surface area (Å²) in [6.07, 6.45) is -1.15. The third kappa shape index (κ3) is 12.9. The fraction of sp³-hybridized carbons (Fsp3) is 0.600. The zero-order valence-corrected chi connectivity index (χ0v) is 41.0. The normalized spacial score (nSPS) is 16.9. The van der Waals surface area contributed by atoms with Crippen LogP contribution in [0.15, 0.2) is 29.1 Å². The largest absolute Gasteiger partial charge is 0.458 e. The highest BCUT2D eigenvalue weighted by molar-refractivity contribution is 5.92. The number of aliphatic hydroxyl groups excluding tert-OH is 1. The molecule has 4 unspecified atom stereocenters. The van der Waals surface area contributed by atoms with Gasteiger partial charge in [-0.2, -0.15) is 0 Å². The number of benzene rings is 1. The molecule has 0 saturated carbocycles. The molecule has 0 radical (unpaired) electrons. The Bertz CT molecular complexity index is 2440. The van der Waals surface area contributed by atoms with Crippen molar-refractivity contribution in [3.05, 3.63) is 56.9 Å². The third-order valence-electron chi connectivity index (χ3n) is 11.4. The number of pyridine rings is 2. The van der Waals surface area contributed by atoms with Crippen LogP contribution in [0.1, 0.15) is 150 Å². The van der Waals surface area contributed by atoms with Crippen molar-refractivity contribution >= 4 is 46.6 Å². The van der Waals surface area contributed by atoms with E-state index in [1.165, 1.54) is 0 Å². The molecule has 0 fully saturated rings. The van der Waals surface area contributed by atoms with E-state index >= 15 is 0 Å². The van der Waals surface area contributed by atoms with E-state index < -0.39 is 82.8 Å². The first-order valence-corrected chi connectivity index (χ1v) is 23.3. The number of nitrogens with zero attached hydrogens (tertiary/aromatic N) is 2. The summed E-state index contributed by atoms with van der Waals surface area (Å²) in [4.78, 5) is 98.2. The maximum Gasteiger partial charge on any atom is 0.355 e. The Hall–Kier alpha value is -5.68. The number of aliphatic hydroxyl groups is 1. The third-order valence-corrected chi connectivity index (χ3v) is 11.4. The van der Waals surface area contributed by atoms with Gasteiger partial charge in [0.15, 0.2) is 6.29 Å². The number of carbonyl (C=O) groups is 6. The number of rotatable bonds is 19. The number of esters is 4. The van der Waals surface area contributed by atoms with E-state index in [9.17, 15) is 38.7 Å². The van der Waals surface area contributed by atoms with Crippen molar-refractivity contribution in [3.8, 4) is 17.1 Å². The lowest BCUT2D eigenvalue weighted by Crippen LogP contribution is -2.47. The number of amides is 2. The maximum atomic E-state index is 14.3. The van der Waals surface area contributed by atoms with E-state index in [2.05, 4.69) is 10.6 Å². The summed E-state index contributed by atoms with van der Waals surface area (Å²) in [5, 5.41) is 16.8. The van der Waals surface area contributed by atoms with Gasteiger partial charge < -0.3 is 44.0 Å². The standard InChI is InChI=1S/C50H68N4O13/c1-13-30-31-23-29(64-41(57)19-17-39(55)51-36(21-27(3)4)45(60)66-48(7,8)9)15-16-35(31)53-43-32(30)25-54-38(43)24-34-33(44(54)59)26-63-47(62)50(34,14-2)65-42(58)20-18-40(56)52-37(22-28(5)6)46(61)67-49(10,11)12/h15-16,23-24,27-28,36-37,45,60H,13-14,17-22,25-26H2,1-12H3,(H,51,55)(H,52,56). The predicted molar refractivity (Wildman–Crippen MR) is 247 cm³/mol. The van der Waals surface area contributed by atoms with E-state index in [1.807, 2.05) is 34.6 Å². The van der Waals surface area contributed by atoms with Crippen molar-refractivity contribution in [2.75, 3.05) is 0 Å². The molecular weight excluding hydrogens is 865 g/mol. The number of cyclic esters (lactones) is 1. The second-order valence-corrected chi connectivity index (χ2v) is 20.2. The zero-order chi connectivity index (χ0) is 49.8. The molecule has 1 aromatic carbocycles. The summed E-state index contributed by atoms with van der Waals surface area (Å²) in [7, 11) is 0. The molecule has 2 aliphatic heterocycles. The molecule has 0 spiro atoms. The molecule has 5 rings (SSSR count). The molecule has 2 amide bonds. The fourth-order valence-corrected chi connectivity index (χ4v) is 8.43. The van der Waals surface area contributed by atoms with Gasteiger partial charge in [0.05, 0.1) is 53.5 Å². The van der Waals surface area contributed by atoms with Gasteiger partial charge in [0.1, 0.15) is 24.0 Å². The van der Waals surface area contributed by atoms with Gasteiger partial charge in [0.25, 0.3) is 5.56 Å². The summed E-state index contributed by atoms with van der Waals surface area (Å²) in [6, 6.07) is 5.04. The van der Waals surface area contributed by atoms with Crippen molar-refractivity contribution in [3.63, 3.8) is 0 Å². The first-order valence-electron chi connectivity index (χ1n) is 23.3. The molecule has 0 bridgehead atoms. The van der Waals surface area contributed by atoms with Crippen LogP contribution in [0.4, 0.5) is 0 Å². The van der Waals surface area contributed by atoms with E-state index in [0.29, 0.717) is 41.6 Å². The van der Waals surface area contributed by atoms with Crippen LogP contribution in [0.5, 0.6) is 5.75 Å². The van der Waals surface area contributed by atoms with Crippen molar-refractivity contribution in [1.82, 2.24) is 20.2 Å². The Balaban J connectivity index is 1.34. The minimum absolute atomic E-state index is 0.0550. The molecule has 3 aromatic rings. The van der Waals surface area contributed by atoms with Gasteiger partial charge in [-0.25, -0.2) is 14.6 Å². The highest BCUT2D eigenvalue weighted by atomic mass is 16.6. The number of hydrogen-bond donors (Lipinski definition) is 3. The summed E-state index contributed by atoms with van der Waals surface area (Å²) in [5.41, 5.74) is -0.441. The Morgan fingerprint density at radius 1 is 0.851 bits per heavy atom. The van der Waals surface area contributed by atoms with Crippen LogP contribution >= 0.6 is 0 Å². The molecule has 4 heterocycles. The van der Waals surface area contributed by atoms with Gasteiger partial charge in [-0.1, -0.05) is 41.5 Å². The van der Waals surface area contributed by atoms with Crippen molar-refractivity contribution in [1.29, 1.82) is 0 Å². The first-order chi connectivity index (χ1) is 31.2. The Kier molecular flexibility index (Phi) is 16.5. The van der Waals surface area contributed by atoms with Crippen molar-refractivity contribution < 1.29 is 57.6 Å². The highest BCUT2D eigenvalue weighted by Crippen LogP contribution is 2.42. The van der Waals surface area contributed by atoms with Gasteiger partial charge in [-0.3, -0.25) is 24.0 Å². The van der Waals surface area contributed by atoms with Crippen LogP contribution in [-0.2, 0) is 72.9 Å². The number of aryl methyl sites for hydroxylation is 1. The Morgan fingerprint density at radius 2 is 1.49 bits per heavy atom. The summed E-state index contributed by atoms with van der Waals surface area (Å²) in [5.74, 6) is -3.51. The minimum atomic E-state index is -1.99. The lowest BCUT2D eigenvalue weighted by atomic mass is 9.85. The van der Waals surface area contributed by atoms with Crippen molar-refractivity contribution in [2.24, 2.45) is 11.8 Å². The topological polar surface area (TPSA) is 228 Å². The average Bonchev–Trinajstić information content (AvgIpc) is 3.58. The zero-order valence-electron chi connectivity index (χ0n) is 41.0. The van der Waals surface area contributed by atoms with Crippen LogP contribution < -0.4 is 20.9 Å². The second kappa shape index (κ2) is 21.1. The quantitative estimate of drug-likeness (QED) is 0.0412. The molecule has 67 heavy (non-hydrogen) atoms. The molecule has 0 aliphatic carbocycles. The summed E-state index contributed by atoms with van der Waals surface area (Å²) < 4.78 is 29.8. The number of ether oxygens (including phenoxy) is 5. The SMILES string of the molecule is CCc1c2c(nc3ccc(OC(=O)CCC(=O)NC(CC(C)C)C(O)OC(C)(C)C)cc13)-c1cc3c(c(=O)n1C2)COC(=O)C3(CC)OC(=O)CCC(=O)NC(CC(C)C)C(=O)OC(C)(C)C. The number of aromatic nitrogens is 2. The van der Waals surface area contributed by atoms with Gasteiger partial charge in [-0.05, 0) is 109 Å². The van der Waals surface area contributed by atoms with E-state index in [-0.39, 0.29) is 67.5 Å². The molecule has 0 saturated heterocycles. The van der Waals surface area contributed by atoms with Crippen LogP contribution in [0.2, 0.25) is 0 Å². The van der Waals surface area contributed by atoms with Gasteiger partial charge in [-0.15, -0.1) is 0 Å². The average molecular weight is 933 g/mol. The molecule has 2 aliphatic rings. The van der Waals surface area contributed by atoms with E-state index in [1.54, 1.807) is 77.3 Å². The summed E-state index contributed by atoms with van der Waals surface area (Å²) in [6.45, 7) is 21.7. The smallest absolute Gasteiger partial charge is 0.355 e. The van der Waals surface area contributed by atoms with Gasteiger partial charge in [0.2, 0.25) is 17.4 Å². The molecule has 4 atom stereocenters. The molecule has 3 N–H and O–H groups in total. The molecular formula is C50H68N4O13. The Labute approximate surface area is 392 Å². The van der Waals surface area contributed by atoms with E-state index in [4.69, 9.17) is 28.7 Å². The van der Waals surface area contributed by atoms with Crippen LogP contribution in [0.3, 0.4) is 0 Å². The van der Waals surface area contributed by atoms with Gasteiger partial charge >= 0.3 is 23.9 Å². The fourth-order valence-electron chi connectivity index (χ4n) is 8.43. The summed E-state index contributed by atoms with van der Waals surface area (Å²) >= 11 is 0. The molecule has 17 heteroatoms. The predicted octanol–water partition coefficient (Wildman–Crippen LogP) is 6.20. The van der Waals surface area contributed by atoms with Crippen LogP contribution in [0, 0.1) is 11.8 Å². The molecule has 17 nitrogen and oxygen atoms in total. The van der Waals surface area contributed by atoms with Crippen LogP contribution in [0.25, 0.3) is 22.3 Å². The second-order valence-electron chi connectivity index (χ2n) is 20.2. The van der Waals surface area contributed by atoms with E-state index in [0.717, 1.165) is 11.1 Å². The first kappa shape index (κ1) is 52.3. The number of hydrogen-bond acceptors (Lipinski definition) is 14. The van der Waals surface area contributed by atoms with Crippen molar-refractivity contribution in [2.45, 2.75) is 183 Å². The number of carbonyl (C=O) groups excluding carboxylic acids is 6. The monoisotopic (exact) mass is 932 g/mol.